The summed E-state index contributed by atoms with van der Waals surface area (Å²) in [6, 6.07) is 6.04. The van der Waals surface area contributed by atoms with Crippen molar-refractivity contribution in [2.24, 2.45) is 0 Å². The molecular formula is C25H29N3O3S2. The lowest BCUT2D eigenvalue weighted by Crippen LogP contribution is -2.33. The van der Waals surface area contributed by atoms with E-state index in [1.54, 1.807) is 15.9 Å². The Balaban J connectivity index is 1.49. The van der Waals surface area contributed by atoms with Crippen LogP contribution in [0.5, 0.6) is 0 Å². The van der Waals surface area contributed by atoms with E-state index >= 15 is 0 Å². The Morgan fingerprint density at radius 3 is 2.88 bits per heavy atom. The summed E-state index contributed by atoms with van der Waals surface area (Å²) in [6.45, 7) is 5.42. The molecule has 0 saturated carbocycles. The van der Waals surface area contributed by atoms with E-state index in [1.165, 1.54) is 27.8 Å². The summed E-state index contributed by atoms with van der Waals surface area (Å²) in [6.07, 6.45) is 6.39. The van der Waals surface area contributed by atoms with Crippen LogP contribution in [0.3, 0.4) is 0 Å². The van der Waals surface area contributed by atoms with Crippen molar-refractivity contribution in [3.63, 3.8) is 0 Å². The third kappa shape index (κ3) is 4.61. The highest BCUT2D eigenvalue weighted by Crippen LogP contribution is 2.35. The first-order chi connectivity index (χ1) is 16.0. The standard InChI is InChI=1S/C25H29N3O3S2/c1-15-9-10-17(12-16(15)2)28-24(30)22-19-7-3-4-8-20(19)33-23(22)27-25(28)32-14-21(29)26-13-18-6-5-11-31-18/h9-10,12,18H,3-8,11,13-14H2,1-2H3,(H,26,29). The van der Waals surface area contributed by atoms with E-state index in [4.69, 9.17) is 9.72 Å². The van der Waals surface area contributed by atoms with Crippen LogP contribution in [0, 0.1) is 13.8 Å². The normalized spacial score (nSPS) is 17.9. The Morgan fingerprint density at radius 1 is 1.24 bits per heavy atom. The number of ether oxygens (including phenoxy) is 1. The van der Waals surface area contributed by atoms with E-state index in [9.17, 15) is 9.59 Å². The van der Waals surface area contributed by atoms with Crippen molar-refractivity contribution in [1.29, 1.82) is 0 Å². The highest BCUT2D eigenvalue weighted by molar-refractivity contribution is 7.99. The molecule has 1 atom stereocenters. The van der Waals surface area contributed by atoms with E-state index in [0.29, 0.717) is 11.7 Å². The van der Waals surface area contributed by atoms with Gasteiger partial charge in [0.05, 0.1) is 22.9 Å². The van der Waals surface area contributed by atoms with Crippen molar-refractivity contribution < 1.29 is 9.53 Å². The zero-order valence-corrected chi connectivity index (χ0v) is 20.7. The first-order valence-electron chi connectivity index (χ1n) is 11.7. The number of benzene rings is 1. The van der Waals surface area contributed by atoms with Crippen LogP contribution in [-0.4, -0.2) is 40.5 Å². The van der Waals surface area contributed by atoms with Crippen LogP contribution >= 0.6 is 23.1 Å². The Bertz CT molecular complexity index is 1260. The van der Waals surface area contributed by atoms with Gasteiger partial charge >= 0.3 is 0 Å². The summed E-state index contributed by atoms with van der Waals surface area (Å²) < 4.78 is 7.29. The fraction of sp³-hybridized carbons (Fsp3) is 0.480. The molecule has 1 N–H and O–H groups in total. The zero-order valence-electron chi connectivity index (χ0n) is 19.1. The smallest absolute Gasteiger partial charge is 0.267 e. The van der Waals surface area contributed by atoms with Gasteiger partial charge in [0.1, 0.15) is 4.83 Å². The SMILES string of the molecule is Cc1ccc(-n2c(SCC(=O)NCC3CCCO3)nc3sc4c(c3c2=O)CCCC4)cc1C. The van der Waals surface area contributed by atoms with Crippen LogP contribution in [-0.2, 0) is 22.4 Å². The van der Waals surface area contributed by atoms with Gasteiger partial charge in [-0.2, -0.15) is 0 Å². The van der Waals surface area contributed by atoms with Crippen LogP contribution in [0.25, 0.3) is 15.9 Å². The molecule has 3 heterocycles. The Morgan fingerprint density at radius 2 is 2.09 bits per heavy atom. The van der Waals surface area contributed by atoms with Crippen molar-refractivity contribution in [3.05, 3.63) is 50.1 Å². The summed E-state index contributed by atoms with van der Waals surface area (Å²) in [7, 11) is 0. The number of hydrogen-bond donors (Lipinski definition) is 1. The second-order valence-corrected chi connectivity index (χ2v) is 10.9. The average Bonchev–Trinajstić information content (AvgIpc) is 3.46. The first-order valence-corrected chi connectivity index (χ1v) is 13.5. The van der Waals surface area contributed by atoms with Gasteiger partial charge in [0, 0.05) is 18.0 Å². The molecule has 6 nitrogen and oxygen atoms in total. The average molecular weight is 484 g/mol. The fourth-order valence-electron chi connectivity index (χ4n) is 4.59. The predicted octanol–water partition coefficient (Wildman–Crippen LogP) is 4.33. The molecule has 33 heavy (non-hydrogen) atoms. The van der Waals surface area contributed by atoms with Gasteiger partial charge in [-0.25, -0.2) is 4.98 Å². The van der Waals surface area contributed by atoms with Crippen molar-refractivity contribution in [1.82, 2.24) is 14.9 Å². The third-order valence-corrected chi connectivity index (χ3v) is 8.71. The molecule has 1 aromatic carbocycles. The molecule has 174 valence electrons. The van der Waals surface area contributed by atoms with Gasteiger partial charge in [0.2, 0.25) is 5.91 Å². The highest BCUT2D eigenvalue weighted by atomic mass is 32.2. The largest absolute Gasteiger partial charge is 0.376 e. The van der Waals surface area contributed by atoms with Crippen LogP contribution in [0.2, 0.25) is 0 Å². The second-order valence-electron chi connectivity index (χ2n) is 8.92. The molecule has 1 fully saturated rings. The van der Waals surface area contributed by atoms with Crippen molar-refractivity contribution in [3.8, 4) is 5.69 Å². The molecule has 5 rings (SSSR count). The molecule has 2 aliphatic rings. The second kappa shape index (κ2) is 9.60. The molecule has 0 bridgehead atoms. The maximum Gasteiger partial charge on any atom is 0.267 e. The minimum absolute atomic E-state index is 0.0232. The van der Waals surface area contributed by atoms with Gasteiger partial charge in [0.15, 0.2) is 5.16 Å². The number of carbonyl (C=O) groups is 1. The van der Waals surface area contributed by atoms with Crippen molar-refractivity contribution in [2.45, 2.75) is 63.6 Å². The number of nitrogens with zero attached hydrogens (tertiary/aromatic N) is 2. The number of nitrogens with one attached hydrogen (secondary N) is 1. The molecule has 1 aliphatic carbocycles. The number of amides is 1. The monoisotopic (exact) mass is 483 g/mol. The Labute approximate surface area is 201 Å². The Hall–Kier alpha value is -2.16. The molecule has 1 aliphatic heterocycles. The summed E-state index contributed by atoms with van der Waals surface area (Å²) >= 11 is 2.97. The minimum Gasteiger partial charge on any atom is -0.376 e. The Kier molecular flexibility index (Phi) is 6.58. The van der Waals surface area contributed by atoms with Crippen LogP contribution in [0.1, 0.15) is 47.3 Å². The van der Waals surface area contributed by atoms with Gasteiger partial charge in [-0.3, -0.25) is 14.2 Å². The first kappa shape index (κ1) is 22.6. The fourth-order valence-corrected chi connectivity index (χ4v) is 6.73. The quantitative estimate of drug-likeness (QED) is 0.417. The molecular weight excluding hydrogens is 454 g/mol. The number of thioether (sulfide) groups is 1. The van der Waals surface area contributed by atoms with Crippen LogP contribution in [0.4, 0.5) is 0 Å². The summed E-state index contributed by atoms with van der Waals surface area (Å²) in [5.41, 5.74) is 4.26. The maximum atomic E-state index is 13.8. The third-order valence-electron chi connectivity index (χ3n) is 6.59. The number of carbonyl (C=O) groups excluding carboxylic acids is 1. The van der Waals surface area contributed by atoms with Gasteiger partial charge in [0.25, 0.3) is 5.56 Å². The molecule has 1 unspecified atom stereocenters. The predicted molar refractivity (Wildman–Crippen MR) is 134 cm³/mol. The lowest BCUT2D eigenvalue weighted by molar-refractivity contribution is -0.119. The molecule has 0 spiro atoms. The van der Waals surface area contributed by atoms with Gasteiger partial charge in [-0.1, -0.05) is 17.8 Å². The van der Waals surface area contributed by atoms with E-state index in [0.717, 1.165) is 66.6 Å². The van der Waals surface area contributed by atoms with E-state index in [-0.39, 0.29) is 23.3 Å². The number of aryl methyl sites for hydroxylation is 4. The summed E-state index contributed by atoms with van der Waals surface area (Å²) in [5.74, 6) is 0.141. The molecule has 8 heteroatoms. The van der Waals surface area contributed by atoms with E-state index < -0.39 is 0 Å². The van der Waals surface area contributed by atoms with E-state index in [1.807, 2.05) is 25.1 Å². The molecule has 2 aromatic heterocycles. The number of rotatable bonds is 6. The van der Waals surface area contributed by atoms with Crippen LogP contribution in [0.15, 0.2) is 28.2 Å². The molecule has 1 saturated heterocycles. The highest BCUT2D eigenvalue weighted by Gasteiger charge is 2.23. The van der Waals surface area contributed by atoms with Crippen LogP contribution < -0.4 is 10.9 Å². The van der Waals surface area contributed by atoms with Crippen molar-refractivity contribution >= 4 is 39.2 Å². The maximum absolute atomic E-state index is 13.8. The summed E-state index contributed by atoms with van der Waals surface area (Å²) in [4.78, 5) is 33.4. The minimum atomic E-state index is -0.0676. The van der Waals surface area contributed by atoms with E-state index in [2.05, 4.69) is 12.2 Å². The number of fused-ring (bicyclic) bond motifs is 3. The lowest BCUT2D eigenvalue weighted by atomic mass is 9.97. The number of thiophene rings is 1. The lowest BCUT2D eigenvalue weighted by Gasteiger charge is -2.15. The molecule has 1 amide bonds. The van der Waals surface area contributed by atoms with Gasteiger partial charge < -0.3 is 10.1 Å². The zero-order chi connectivity index (χ0) is 22.9. The number of hydrogen-bond acceptors (Lipinski definition) is 6. The van der Waals surface area contributed by atoms with Gasteiger partial charge in [-0.15, -0.1) is 11.3 Å². The van der Waals surface area contributed by atoms with Crippen molar-refractivity contribution in [2.75, 3.05) is 18.9 Å². The molecule has 0 radical (unpaired) electrons. The topological polar surface area (TPSA) is 73.2 Å². The number of aromatic nitrogens is 2. The molecule has 3 aromatic rings. The summed E-state index contributed by atoms with van der Waals surface area (Å²) in [5, 5.41) is 4.30. The van der Waals surface area contributed by atoms with Gasteiger partial charge in [-0.05, 0) is 81.2 Å².